The second kappa shape index (κ2) is 9.27. The Bertz CT molecular complexity index is 662. The molecule has 2 aromatic rings. The van der Waals surface area contributed by atoms with Crippen molar-refractivity contribution >= 4 is 17.5 Å². The lowest BCUT2D eigenvalue weighted by molar-refractivity contribution is -0.117. The van der Waals surface area contributed by atoms with Crippen molar-refractivity contribution in [2.75, 3.05) is 19.7 Å². The molecule has 24 heavy (non-hydrogen) atoms. The van der Waals surface area contributed by atoms with Crippen LogP contribution in [0.5, 0.6) is 5.75 Å². The number of aliphatic hydroxyl groups is 1. The van der Waals surface area contributed by atoms with Gasteiger partial charge in [0.15, 0.2) is 0 Å². The molecule has 0 saturated heterocycles. The molecule has 1 amide bonds. The molecule has 0 saturated carbocycles. The molecular formula is C18H21ClN2O3. The van der Waals surface area contributed by atoms with Crippen molar-refractivity contribution in [2.24, 2.45) is 5.73 Å². The van der Waals surface area contributed by atoms with Crippen LogP contribution in [0.1, 0.15) is 17.2 Å². The monoisotopic (exact) mass is 348 g/mol. The first-order chi connectivity index (χ1) is 11.5. The van der Waals surface area contributed by atoms with Gasteiger partial charge in [0.2, 0.25) is 5.91 Å². The van der Waals surface area contributed by atoms with Gasteiger partial charge in [-0.05, 0) is 35.4 Å². The molecule has 0 unspecified atom stereocenters. The van der Waals surface area contributed by atoms with E-state index in [9.17, 15) is 9.90 Å². The summed E-state index contributed by atoms with van der Waals surface area (Å²) in [5, 5.41) is 13.8. The minimum atomic E-state index is -0.614. The number of nitrogens with one attached hydrogen (secondary N) is 1. The number of halogens is 1. The standard InChI is InChI=1S/C18H21ClN2O3/c19-15-3-1-2-14(11-15)17(22)12-21-8-9-24-16-6-4-13(5-7-16)10-18(20)23/h1-7,11,17,21-22H,8-10,12H2,(H2,20,23)/t17-/m0/s1. The summed E-state index contributed by atoms with van der Waals surface area (Å²) in [5.41, 5.74) is 6.78. The van der Waals surface area contributed by atoms with E-state index in [-0.39, 0.29) is 12.3 Å². The molecule has 0 aromatic heterocycles. The number of hydrogen-bond donors (Lipinski definition) is 3. The number of carbonyl (C=O) groups is 1. The molecule has 4 N–H and O–H groups in total. The lowest BCUT2D eigenvalue weighted by atomic mass is 10.1. The van der Waals surface area contributed by atoms with E-state index in [1.54, 1.807) is 24.3 Å². The lowest BCUT2D eigenvalue weighted by Gasteiger charge is -2.13. The zero-order valence-electron chi connectivity index (χ0n) is 13.2. The van der Waals surface area contributed by atoms with E-state index in [1.165, 1.54) is 0 Å². The highest BCUT2D eigenvalue weighted by molar-refractivity contribution is 6.30. The normalized spacial score (nSPS) is 11.9. The second-order valence-electron chi connectivity index (χ2n) is 5.41. The smallest absolute Gasteiger partial charge is 0.221 e. The van der Waals surface area contributed by atoms with E-state index >= 15 is 0 Å². The van der Waals surface area contributed by atoms with E-state index in [1.807, 2.05) is 24.3 Å². The van der Waals surface area contributed by atoms with Crippen molar-refractivity contribution in [1.82, 2.24) is 5.32 Å². The topological polar surface area (TPSA) is 84.6 Å². The number of primary amides is 1. The molecule has 2 aromatic carbocycles. The predicted molar refractivity (Wildman–Crippen MR) is 94.1 cm³/mol. The fourth-order valence-electron chi connectivity index (χ4n) is 2.22. The molecule has 0 aliphatic carbocycles. The number of hydrogen-bond acceptors (Lipinski definition) is 4. The van der Waals surface area contributed by atoms with Crippen molar-refractivity contribution in [3.63, 3.8) is 0 Å². The number of benzene rings is 2. The van der Waals surface area contributed by atoms with Crippen molar-refractivity contribution < 1.29 is 14.6 Å². The summed E-state index contributed by atoms with van der Waals surface area (Å²) in [4.78, 5) is 10.8. The first kappa shape index (κ1) is 18.3. The van der Waals surface area contributed by atoms with Gasteiger partial charge in [-0.25, -0.2) is 0 Å². The van der Waals surface area contributed by atoms with Gasteiger partial charge in [0.25, 0.3) is 0 Å². The number of ether oxygens (including phenoxy) is 1. The fraction of sp³-hybridized carbons (Fsp3) is 0.278. The summed E-state index contributed by atoms with van der Waals surface area (Å²) in [6.07, 6.45) is -0.389. The first-order valence-electron chi connectivity index (χ1n) is 7.69. The quantitative estimate of drug-likeness (QED) is 0.606. The third-order valence-corrected chi connectivity index (χ3v) is 3.66. The summed E-state index contributed by atoms with van der Waals surface area (Å²) in [7, 11) is 0. The molecule has 0 aliphatic heterocycles. The zero-order valence-corrected chi connectivity index (χ0v) is 14.0. The molecule has 0 bridgehead atoms. The maximum atomic E-state index is 10.8. The van der Waals surface area contributed by atoms with Gasteiger partial charge in [-0.15, -0.1) is 0 Å². The van der Waals surface area contributed by atoms with Gasteiger partial charge in [-0.1, -0.05) is 35.9 Å². The molecule has 6 heteroatoms. The van der Waals surface area contributed by atoms with E-state index in [2.05, 4.69) is 5.32 Å². The van der Waals surface area contributed by atoms with Gasteiger partial charge in [0, 0.05) is 18.1 Å². The Morgan fingerprint density at radius 3 is 2.67 bits per heavy atom. The van der Waals surface area contributed by atoms with Gasteiger partial charge in [0.05, 0.1) is 12.5 Å². The van der Waals surface area contributed by atoms with E-state index in [4.69, 9.17) is 22.1 Å². The number of aliphatic hydroxyl groups excluding tert-OH is 1. The van der Waals surface area contributed by atoms with Crippen LogP contribution in [0.25, 0.3) is 0 Å². The molecular weight excluding hydrogens is 328 g/mol. The highest BCUT2D eigenvalue weighted by Gasteiger charge is 2.07. The Labute approximate surface area is 146 Å². The minimum Gasteiger partial charge on any atom is -0.492 e. The lowest BCUT2D eigenvalue weighted by Crippen LogP contribution is -2.26. The number of rotatable bonds is 9. The predicted octanol–water partition coefficient (Wildman–Crippen LogP) is 2.07. The summed E-state index contributed by atoms with van der Waals surface area (Å²) in [6.45, 7) is 1.49. The Balaban J connectivity index is 1.66. The van der Waals surface area contributed by atoms with E-state index in [0.29, 0.717) is 24.7 Å². The highest BCUT2D eigenvalue weighted by atomic mass is 35.5. The van der Waals surface area contributed by atoms with Gasteiger partial charge in [0.1, 0.15) is 12.4 Å². The van der Waals surface area contributed by atoms with Crippen molar-refractivity contribution in [2.45, 2.75) is 12.5 Å². The van der Waals surface area contributed by atoms with Gasteiger partial charge >= 0.3 is 0 Å². The third kappa shape index (κ3) is 6.20. The third-order valence-electron chi connectivity index (χ3n) is 3.42. The molecule has 0 radical (unpaired) electrons. The van der Waals surface area contributed by atoms with Gasteiger partial charge < -0.3 is 20.9 Å². The Morgan fingerprint density at radius 1 is 1.25 bits per heavy atom. The molecule has 128 valence electrons. The van der Waals surface area contributed by atoms with Crippen LogP contribution in [0.3, 0.4) is 0 Å². The molecule has 0 heterocycles. The summed E-state index contributed by atoms with van der Waals surface area (Å²) < 4.78 is 5.59. The molecule has 5 nitrogen and oxygen atoms in total. The minimum absolute atomic E-state index is 0.225. The summed E-state index contributed by atoms with van der Waals surface area (Å²) in [5.74, 6) is 0.367. The maximum Gasteiger partial charge on any atom is 0.221 e. The van der Waals surface area contributed by atoms with E-state index in [0.717, 1.165) is 16.9 Å². The Kier molecular flexibility index (Phi) is 7.06. The molecule has 0 spiro atoms. The number of carbonyl (C=O) groups excluding carboxylic acids is 1. The van der Waals surface area contributed by atoms with Crippen LogP contribution in [0.2, 0.25) is 5.02 Å². The second-order valence-corrected chi connectivity index (χ2v) is 5.85. The maximum absolute atomic E-state index is 10.8. The molecule has 0 aliphatic rings. The van der Waals surface area contributed by atoms with Crippen molar-refractivity contribution in [3.8, 4) is 5.75 Å². The van der Waals surface area contributed by atoms with Gasteiger partial charge in [-0.2, -0.15) is 0 Å². The van der Waals surface area contributed by atoms with Crippen LogP contribution in [0, 0.1) is 0 Å². The number of nitrogens with two attached hydrogens (primary N) is 1. The van der Waals surface area contributed by atoms with Crippen molar-refractivity contribution in [1.29, 1.82) is 0 Å². The van der Waals surface area contributed by atoms with Crippen LogP contribution < -0.4 is 15.8 Å². The highest BCUT2D eigenvalue weighted by Crippen LogP contribution is 2.17. The first-order valence-corrected chi connectivity index (χ1v) is 8.06. The SMILES string of the molecule is NC(=O)Cc1ccc(OCCNC[C@H](O)c2cccc(Cl)c2)cc1. The largest absolute Gasteiger partial charge is 0.492 e. The Morgan fingerprint density at radius 2 is 2.00 bits per heavy atom. The summed E-state index contributed by atoms with van der Waals surface area (Å²) >= 11 is 5.90. The van der Waals surface area contributed by atoms with Crippen molar-refractivity contribution in [3.05, 3.63) is 64.7 Å². The van der Waals surface area contributed by atoms with E-state index < -0.39 is 6.10 Å². The van der Waals surface area contributed by atoms with Gasteiger partial charge in [-0.3, -0.25) is 4.79 Å². The average Bonchev–Trinajstić information content (AvgIpc) is 2.55. The summed E-state index contributed by atoms with van der Waals surface area (Å²) in [6, 6.07) is 14.4. The number of amides is 1. The van der Waals surface area contributed by atoms with Crippen LogP contribution >= 0.6 is 11.6 Å². The zero-order chi connectivity index (χ0) is 17.4. The fourth-order valence-corrected chi connectivity index (χ4v) is 2.41. The molecule has 1 atom stereocenters. The van der Waals surface area contributed by atoms with Crippen LogP contribution in [0.4, 0.5) is 0 Å². The Hall–Kier alpha value is -2.08. The molecule has 0 fully saturated rings. The van der Waals surface area contributed by atoms with Crippen LogP contribution in [-0.2, 0) is 11.2 Å². The van der Waals surface area contributed by atoms with Crippen LogP contribution in [0.15, 0.2) is 48.5 Å². The molecule has 2 rings (SSSR count). The van der Waals surface area contributed by atoms with Crippen LogP contribution in [-0.4, -0.2) is 30.7 Å². The average molecular weight is 349 g/mol.